The first-order valence-electron chi connectivity index (χ1n) is 4.82. The second kappa shape index (κ2) is 5.96. The fourth-order valence-corrected chi connectivity index (χ4v) is 1.76. The van der Waals surface area contributed by atoms with E-state index in [0.717, 1.165) is 5.69 Å². The molecule has 0 saturated heterocycles. The minimum absolute atomic E-state index is 0.310. The number of aryl methyl sites for hydroxylation is 1. The molecule has 8 nitrogen and oxygen atoms in total. The van der Waals surface area contributed by atoms with E-state index in [1.54, 1.807) is 12.3 Å². The molecule has 1 atom stereocenters. The van der Waals surface area contributed by atoms with Gasteiger partial charge in [-0.3, -0.25) is 10.1 Å². The van der Waals surface area contributed by atoms with Crippen LogP contribution in [0, 0.1) is 6.92 Å². The van der Waals surface area contributed by atoms with E-state index in [4.69, 9.17) is 10.2 Å². The third-order valence-corrected chi connectivity index (χ3v) is 2.70. The molecule has 2 amide bonds. The smallest absolute Gasteiger partial charge is 0.326 e. The number of nitrogens with one attached hydrogen (secondary N) is 2. The van der Waals surface area contributed by atoms with E-state index >= 15 is 0 Å². The summed E-state index contributed by atoms with van der Waals surface area (Å²) in [4.78, 5) is 36.5. The van der Waals surface area contributed by atoms with Gasteiger partial charge >= 0.3 is 18.0 Å². The van der Waals surface area contributed by atoms with Gasteiger partial charge in [0.1, 0.15) is 6.04 Å². The highest BCUT2D eigenvalue weighted by molar-refractivity contribution is 7.13. The molecule has 1 aromatic rings. The summed E-state index contributed by atoms with van der Waals surface area (Å²) in [5.74, 6) is -2.73. The maximum atomic E-state index is 11.4. The minimum atomic E-state index is -1.48. The Kier molecular flexibility index (Phi) is 4.60. The van der Waals surface area contributed by atoms with Gasteiger partial charge in [0, 0.05) is 5.38 Å². The molecule has 1 rings (SSSR count). The summed E-state index contributed by atoms with van der Waals surface area (Å²) >= 11 is 1.18. The standard InChI is InChI=1S/C9H11N3O5S/c1-4-3-18-9(10-4)12-8(17)11-5(7(15)16)2-6(13)14/h3,5H,2H2,1H3,(H,13,14)(H,15,16)(H2,10,11,12,17). The lowest BCUT2D eigenvalue weighted by Crippen LogP contribution is -2.44. The second-order valence-electron chi connectivity index (χ2n) is 3.38. The largest absolute Gasteiger partial charge is 0.481 e. The SMILES string of the molecule is Cc1csc(NC(=O)NC(CC(=O)O)C(=O)O)n1. The van der Waals surface area contributed by atoms with Gasteiger partial charge in [0.15, 0.2) is 5.13 Å². The molecule has 0 fully saturated rings. The summed E-state index contributed by atoms with van der Waals surface area (Å²) in [7, 11) is 0. The third kappa shape index (κ3) is 4.37. The zero-order valence-corrected chi connectivity index (χ0v) is 10.2. The van der Waals surface area contributed by atoms with Crippen LogP contribution in [0.1, 0.15) is 12.1 Å². The highest BCUT2D eigenvalue weighted by Gasteiger charge is 2.23. The molecular formula is C9H11N3O5S. The average molecular weight is 273 g/mol. The van der Waals surface area contributed by atoms with E-state index < -0.39 is 30.4 Å². The molecule has 4 N–H and O–H groups in total. The molecule has 9 heteroatoms. The number of carboxylic acids is 2. The number of anilines is 1. The van der Waals surface area contributed by atoms with E-state index in [1.165, 1.54) is 11.3 Å². The normalized spacial score (nSPS) is 11.6. The summed E-state index contributed by atoms with van der Waals surface area (Å²) in [5, 5.41) is 23.6. The first-order chi connectivity index (χ1) is 8.38. The molecular weight excluding hydrogens is 262 g/mol. The van der Waals surface area contributed by atoms with Crippen LogP contribution in [0.3, 0.4) is 0 Å². The van der Waals surface area contributed by atoms with Gasteiger partial charge in [-0.05, 0) is 6.92 Å². The zero-order chi connectivity index (χ0) is 13.7. The van der Waals surface area contributed by atoms with E-state index in [9.17, 15) is 14.4 Å². The van der Waals surface area contributed by atoms with Crippen molar-refractivity contribution in [3.63, 3.8) is 0 Å². The van der Waals surface area contributed by atoms with Gasteiger partial charge in [-0.15, -0.1) is 11.3 Å². The number of carbonyl (C=O) groups excluding carboxylic acids is 1. The predicted molar refractivity (Wildman–Crippen MR) is 62.7 cm³/mol. The minimum Gasteiger partial charge on any atom is -0.481 e. The molecule has 0 spiro atoms. The molecule has 0 saturated carbocycles. The summed E-state index contributed by atoms with van der Waals surface area (Å²) in [6.45, 7) is 1.74. The quantitative estimate of drug-likeness (QED) is 0.618. The number of carboxylic acid groups (broad SMARTS) is 2. The molecule has 98 valence electrons. The van der Waals surface area contributed by atoms with Crippen molar-refractivity contribution in [3.05, 3.63) is 11.1 Å². The van der Waals surface area contributed by atoms with Gasteiger partial charge in [-0.25, -0.2) is 14.6 Å². The Hall–Kier alpha value is -2.16. The first-order valence-corrected chi connectivity index (χ1v) is 5.70. The molecule has 18 heavy (non-hydrogen) atoms. The van der Waals surface area contributed by atoms with E-state index in [-0.39, 0.29) is 0 Å². The fourth-order valence-electron chi connectivity index (χ4n) is 1.08. The van der Waals surface area contributed by atoms with Crippen molar-refractivity contribution in [3.8, 4) is 0 Å². The first kappa shape index (κ1) is 13.9. The zero-order valence-electron chi connectivity index (χ0n) is 9.34. The average Bonchev–Trinajstić information content (AvgIpc) is 2.62. The summed E-state index contributed by atoms with van der Waals surface area (Å²) in [5.41, 5.74) is 0.718. The van der Waals surface area contributed by atoms with Gasteiger partial charge in [0.25, 0.3) is 0 Å². The molecule has 0 aromatic carbocycles. The van der Waals surface area contributed by atoms with Gasteiger partial charge in [-0.1, -0.05) is 0 Å². The number of hydrogen-bond acceptors (Lipinski definition) is 5. The number of nitrogens with zero attached hydrogens (tertiary/aromatic N) is 1. The van der Waals surface area contributed by atoms with Crippen LogP contribution < -0.4 is 10.6 Å². The number of thiazole rings is 1. The fraction of sp³-hybridized carbons (Fsp3) is 0.333. The molecule has 0 bridgehead atoms. The van der Waals surface area contributed by atoms with E-state index in [1.807, 2.05) is 5.32 Å². The lowest BCUT2D eigenvalue weighted by Gasteiger charge is -2.11. The van der Waals surface area contributed by atoms with E-state index in [0.29, 0.717) is 5.13 Å². The Morgan fingerprint density at radius 1 is 1.44 bits per heavy atom. The van der Waals surface area contributed by atoms with Crippen LogP contribution in [0.15, 0.2) is 5.38 Å². The summed E-state index contributed by atoms with van der Waals surface area (Å²) < 4.78 is 0. The maximum Gasteiger partial charge on any atom is 0.326 e. The number of rotatable bonds is 5. The Morgan fingerprint density at radius 2 is 2.11 bits per heavy atom. The van der Waals surface area contributed by atoms with Gasteiger partial charge in [-0.2, -0.15) is 0 Å². The highest BCUT2D eigenvalue weighted by atomic mass is 32.1. The number of hydrogen-bond donors (Lipinski definition) is 4. The van der Waals surface area contributed by atoms with Crippen molar-refractivity contribution in [2.45, 2.75) is 19.4 Å². The van der Waals surface area contributed by atoms with Crippen molar-refractivity contribution in [1.29, 1.82) is 0 Å². The highest BCUT2D eigenvalue weighted by Crippen LogP contribution is 2.13. The van der Waals surface area contributed by atoms with Gasteiger partial charge < -0.3 is 15.5 Å². The number of carbonyl (C=O) groups is 3. The van der Waals surface area contributed by atoms with Crippen molar-refractivity contribution in [1.82, 2.24) is 10.3 Å². The monoisotopic (exact) mass is 273 g/mol. The topological polar surface area (TPSA) is 129 Å². The van der Waals surface area contributed by atoms with Gasteiger partial charge in [0.2, 0.25) is 0 Å². The maximum absolute atomic E-state index is 11.4. The molecule has 0 aliphatic carbocycles. The molecule has 1 aromatic heterocycles. The van der Waals surface area contributed by atoms with Crippen LogP contribution in [0.5, 0.6) is 0 Å². The number of aromatic nitrogens is 1. The van der Waals surface area contributed by atoms with E-state index in [2.05, 4.69) is 10.3 Å². The number of amides is 2. The third-order valence-electron chi connectivity index (χ3n) is 1.82. The predicted octanol–water partition coefficient (Wildman–Crippen LogP) is 0.501. The summed E-state index contributed by atoms with van der Waals surface area (Å²) in [6.07, 6.45) is -0.695. The molecule has 1 heterocycles. The number of aliphatic carboxylic acids is 2. The molecule has 0 aliphatic heterocycles. The summed E-state index contributed by atoms with van der Waals surface area (Å²) in [6, 6.07) is -2.29. The van der Waals surface area contributed by atoms with Crippen molar-refractivity contribution in [2.75, 3.05) is 5.32 Å². The lowest BCUT2D eigenvalue weighted by atomic mass is 10.2. The Balaban J connectivity index is 2.56. The van der Waals surface area contributed by atoms with Gasteiger partial charge in [0.05, 0.1) is 12.1 Å². The second-order valence-corrected chi connectivity index (χ2v) is 4.24. The van der Waals surface area contributed by atoms with Crippen LogP contribution in [0.4, 0.5) is 9.93 Å². The Labute approximate surface area is 106 Å². The van der Waals surface area contributed by atoms with Crippen LogP contribution in [-0.4, -0.2) is 39.2 Å². The Bertz CT molecular complexity index is 473. The number of urea groups is 1. The van der Waals surface area contributed by atoms with Crippen molar-refractivity contribution < 1.29 is 24.6 Å². The van der Waals surface area contributed by atoms with Crippen LogP contribution in [0.25, 0.3) is 0 Å². The van der Waals surface area contributed by atoms with Crippen LogP contribution in [-0.2, 0) is 9.59 Å². The van der Waals surface area contributed by atoms with Crippen molar-refractivity contribution in [2.24, 2.45) is 0 Å². The van der Waals surface area contributed by atoms with Crippen LogP contribution >= 0.6 is 11.3 Å². The van der Waals surface area contributed by atoms with Crippen LogP contribution in [0.2, 0.25) is 0 Å². The molecule has 0 radical (unpaired) electrons. The molecule has 1 unspecified atom stereocenters. The lowest BCUT2D eigenvalue weighted by molar-refractivity contribution is -0.145. The van der Waals surface area contributed by atoms with Crippen molar-refractivity contribution >= 4 is 34.4 Å². The Morgan fingerprint density at radius 3 is 2.56 bits per heavy atom. The molecule has 0 aliphatic rings.